The second-order valence-corrected chi connectivity index (χ2v) is 9.30. The van der Waals surface area contributed by atoms with Crippen LogP contribution in [0, 0.1) is 5.82 Å². The molecule has 1 aliphatic heterocycles. The molecule has 0 amide bonds. The van der Waals surface area contributed by atoms with Crippen LogP contribution in [0.2, 0.25) is 0 Å². The van der Waals surface area contributed by atoms with E-state index in [1.807, 2.05) is 0 Å². The summed E-state index contributed by atoms with van der Waals surface area (Å²) in [5.74, 6) is -0.318. The van der Waals surface area contributed by atoms with Gasteiger partial charge in [-0.2, -0.15) is 0 Å². The molecule has 1 aromatic heterocycles. The van der Waals surface area contributed by atoms with E-state index in [1.54, 1.807) is 36.4 Å². The van der Waals surface area contributed by atoms with Crippen LogP contribution in [0.4, 0.5) is 15.8 Å². The van der Waals surface area contributed by atoms with E-state index in [9.17, 15) is 17.6 Å². The number of nitrogens with one attached hydrogen (secondary N) is 1. The van der Waals surface area contributed by atoms with E-state index in [2.05, 4.69) is 5.32 Å². The summed E-state index contributed by atoms with van der Waals surface area (Å²) in [6.45, 7) is 0. The molecule has 1 N–H and O–H groups in total. The average Bonchev–Trinajstić information content (AvgIpc) is 3.23. The van der Waals surface area contributed by atoms with Crippen molar-refractivity contribution in [3.63, 3.8) is 0 Å². The maximum absolute atomic E-state index is 13.9. The molecule has 0 saturated heterocycles. The van der Waals surface area contributed by atoms with Gasteiger partial charge in [-0.15, -0.1) is 0 Å². The van der Waals surface area contributed by atoms with Gasteiger partial charge < -0.3 is 9.73 Å². The maximum atomic E-state index is 13.9. The number of ketones is 1. The molecule has 5 rings (SSSR count). The summed E-state index contributed by atoms with van der Waals surface area (Å²) < 4.78 is 48.2. The molecule has 2 aromatic carbocycles. The first-order valence-electron chi connectivity index (χ1n) is 9.92. The second-order valence-electron chi connectivity index (χ2n) is 7.48. The first-order valence-corrected chi connectivity index (χ1v) is 11.4. The quantitative estimate of drug-likeness (QED) is 0.636. The molecule has 0 spiro atoms. The van der Waals surface area contributed by atoms with Crippen LogP contribution in [0.1, 0.15) is 31.1 Å². The Hall–Kier alpha value is -3.39. The molecule has 8 heteroatoms. The summed E-state index contributed by atoms with van der Waals surface area (Å²) in [6.07, 6.45) is 3.09. The first-order chi connectivity index (χ1) is 15.0. The Balaban J connectivity index is 1.82. The van der Waals surface area contributed by atoms with Crippen molar-refractivity contribution >= 4 is 27.2 Å². The number of benzene rings is 2. The zero-order valence-corrected chi connectivity index (χ0v) is 17.2. The van der Waals surface area contributed by atoms with Crippen molar-refractivity contribution in [1.82, 2.24) is 0 Å². The highest BCUT2D eigenvalue weighted by Gasteiger charge is 2.43. The monoisotopic (exact) mass is 438 g/mol. The predicted molar refractivity (Wildman–Crippen MR) is 113 cm³/mol. The molecule has 1 atom stereocenters. The van der Waals surface area contributed by atoms with E-state index in [0.717, 1.165) is 12.1 Å². The Bertz CT molecular complexity index is 1280. The van der Waals surface area contributed by atoms with Crippen LogP contribution in [0.3, 0.4) is 0 Å². The molecule has 2 heterocycles. The first kappa shape index (κ1) is 19.6. The van der Waals surface area contributed by atoms with Crippen LogP contribution in [0.15, 0.2) is 87.5 Å². The molecule has 6 nitrogen and oxygen atoms in total. The van der Waals surface area contributed by atoms with Gasteiger partial charge in [0.05, 0.1) is 22.5 Å². The topological polar surface area (TPSA) is 79.6 Å². The molecule has 0 radical (unpaired) electrons. The van der Waals surface area contributed by atoms with Crippen molar-refractivity contribution in [3.05, 3.63) is 89.8 Å². The third-order valence-electron chi connectivity index (χ3n) is 5.57. The van der Waals surface area contributed by atoms with Gasteiger partial charge in [0.2, 0.25) is 0 Å². The Morgan fingerprint density at radius 2 is 1.77 bits per heavy atom. The van der Waals surface area contributed by atoms with E-state index in [0.29, 0.717) is 47.7 Å². The Labute approximate surface area is 179 Å². The van der Waals surface area contributed by atoms with Gasteiger partial charge in [-0.05, 0) is 61.4 Å². The number of nitrogens with zero attached hydrogens (tertiary/aromatic N) is 1. The Kier molecular flexibility index (Phi) is 4.66. The summed E-state index contributed by atoms with van der Waals surface area (Å²) in [5, 5.41) is 3.30. The van der Waals surface area contributed by atoms with Gasteiger partial charge in [0.25, 0.3) is 10.0 Å². The standard InChI is InChI=1S/C23H19FN2O4S/c24-15-10-12-16(13-11-15)31(28,29)26-19-7-2-1-5-17(19)25-18-6-3-8-20(27)22(18)23(26)21-9-4-14-30-21/h1-2,4-5,7,9-14,23,25H,3,6,8H2. The zero-order chi connectivity index (χ0) is 21.6. The molecule has 158 valence electrons. The number of allylic oxidation sites excluding steroid dienone is 1. The van der Waals surface area contributed by atoms with Gasteiger partial charge >= 0.3 is 0 Å². The van der Waals surface area contributed by atoms with Gasteiger partial charge in [-0.3, -0.25) is 4.79 Å². The van der Waals surface area contributed by atoms with Crippen LogP contribution in [-0.4, -0.2) is 14.2 Å². The summed E-state index contributed by atoms with van der Waals surface area (Å²) in [6, 6.07) is 14.0. The van der Waals surface area contributed by atoms with Gasteiger partial charge in [-0.1, -0.05) is 12.1 Å². The van der Waals surface area contributed by atoms with E-state index >= 15 is 0 Å². The van der Waals surface area contributed by atoms with Gasteiger partial charge in [-0.25, -0.2) is 17.1 Å². The van der Waals surface area contributed by atoms with Crippen LogP contribution in [-0.2, 0) is 14.8 Å². The number of Topliss-reactive ketones (excluding diaryl/α,β-unsaturated/α-hetero) is 1. The molecule has 1 unspecified atom stereocenters. The minimum absolute atomic E-state index is 0.0763. The lowest BCUT2D eigenvalue weighted by Crippen LogP contribution is -2.37. The van der Waals surface area contributed by atoms with E-state index in [-0.39, 0.29) is 10.7 Å². The zero-order valence-electron chi connectivity index (χ0n) is 16.4. The maximum Gasteiger partial charge on any atom is 0.265 e. The third kappa shape index (κ3) is 3.23. The van der Waals surface area contributed by atoms with Crippen LogP contribution in [0.25, 0.3) is 0 Å². The lowest BCUT2D eigenvalue weighted by Gasteiger charge is -2.33. The van der Waals surface area contributed by atoms with Crippen molar-refractivity contribution in [3.8, 4) is 0 Å². The lowest BCUT2D eigenvalue weighted by atomic mass is 9.89. The summed E-state index contributed by atoms with van der Waals surface area (Å²) >= 11 is 0. The number of rotatable bonds is 3. The molecule has 0 saturated carbocycles. The Morgan fingerprint density at radius 3 is 2.52 bits per heavy atom. The number of hydrogen-bond acceptors (Lipinski definition) is 5. The fourth-order valence-corrected chi connectivity index (χ4v) is 5.81. The van der Waals surface area contributed by atoms with Gasteiger partial charge in [0, 0.05) is 17.7 Å². The van der Waals surface area contributed by atoms with Gasteiger partial charge in [0.15, 0.2) is 5.78 Å². The van der Waals surface area contributed by atoms with Crippen molar-refractivity contribution in [2.45, 2.75) is 30.2 Å². The van der Waals surface area contributed by atoms with Crippen molar-refractivity contribution in [2.75, 3.05) is 9.62 Å². The number of fused-ring (bicyclic) bond motifs is 1. The number of carbonyl (C=O) groups is 1. The third-order valence-corrected chi connectivity index (χ3v) is 7.37. The number of hydrogen-bond donors (Lipinski definition) is 1. The summed E-state index contributed by atoms with van der Waals surface area (Å²) in [5.41, 5.74) is 2.03. The van der Waals surface area contributed by atoms with E-state index in [1.165, 1.54) is 22.7 Å². The summed E-state index contributed by atoms with van der Waals surface area (Å²) in [7, 11) is -4.18. The number of anilines is 2. The molecule has 1 aliphatic carbocycles. The highest BCUT2D eigenvalue weighted by molar-refractivity contribution is 7.92. The fourth-order valence-electron chi connectivity index (χ4n) is 4.19. The number of para-hydroxylation sites is 2. The number of carbonyl (C=O) groups excluding carboxylic acids is 1. The molecular formula is C23H19FN2O4S. The van der Waals surface area contributed by atoms with Crippen molar-refractivity contribution < 1.29 is 22.0 Å². The molecule has 2 aliphatic rings. The largest absolute Gasteiger partial charge is 0.467 e. The van der Waals surface area contributed by atoms with Crippen LogP contribution in [0.5, 0.6) is 0 Å². The number of sulfonamides is 1. The van der Waals surface area contributed by atoms with E-state index < -0.39 is 21.9 Å². The highest BCUT2D eigenvalue weighted by Crippen LogP contribution is 2.47. The van der Waals surface area contributed by atoms with Crippen molar-refractivity contribution in [2.24, 2.45) is 0 Å². The lowest BCUT2D eigenvalue weighted by molar-refractivity contribution is -0.116. The second kappa shape index (κ2) is 7.39. The fraction of sp³-hybridized carbons (Fsp3) is 0.174. The predicted octanol–water partition coefficient (Wildman–Crippen LogP) is 4.79. The van der Waals surface area contributed by atoms with Crippen molar-refractivity contribution in [1.29, 1.82) is 0 Å². The number of furan rings is 1. The molecular weight excluding hydrogens is 419 g/mol. The molecule has 0 bridgehead atoms. The van der Waals surface area contributed by atoms with E-state index in [4.69, 9.17) is 4.42 Å². The summed E-state index contributed by atoms with van der Waals surface area (Å²) in [4.78, 5) is 13.0. The molecule has 31 heavy (non-hydrogen) atoms. The highest BCUT2D eigenvalue weighted by atomic mass is 32.2. The number of halogens is 1. The van der Waals surface area contributed by atoms with Crippen LogP contribution >= 0.6 is 0 Å². The normalized spacial score (nSPS) is 18.8. The van der Waals surface area contributed by atoms with Crippen LogP contribution < -0.4 is 9.62 Å². The SMILES string of the molecule is O=C1CCCC2=C1C(c1ccco1)N(S(=O)(=O)c1ccc(F)cc1)c1ccccc1N2. The minimum Gasteiger partial charge on any atom is -0.467 e. The minimum atomic E-state index is -4.18. The molecule has 3 aromatic rings. The average molecular weight is 438 g/mol. The van der Waals surface area contributed by atoms with Gasteiger partial charge in [0.1, 0.15) is 17.6 Å². The molecule has 0 fully saturated rings. The Morgan fingerprint density at radius 1 is 1.00 bits per heavy atom. The smallest absolute Gasteiger partial charge is 0.265 e.